The van der Waals surface area contributed by atoms with E-state index in [2.05, 4.69) is 281 Å². The van der Waals surface area contributed by atoms with E-state index in [9.17, 15) is 0 Å². The molecule has 1 aliphatic rings. The van der Waals surface area contributed by atoms with Gasteiger partial charge in [-0.25, -0.2) is 0 Å². The minimum absolute atomic E-state index is 0.130. The van der Waals surface area contributed by atoms with E-state index in [4.69, 9.17) is 0 Å². The van der Waals surface area contributed by atoms with Crippen LogP contribution >= 0.6 is 0 Å². The molecule has 6 aromatic rings. The summed E-state index contributed by atoms with van der Waals surface area (Å²) in [5, 5.41) is 17.7. The largest absolute Gasteiger partial charge is 0.242 e. The lowest BCUT2D eigenvalue weighted by Crippen LogP contribution is -2.78. The first-order valence-electron chi connectivity index (χ1n) is 32.7. The summed E-state index contributed by atoms with van der Waals surface area (Å²) in [6.07, 6.45) is 0. The molecule has 0 radical (unpaired) electrons. The van der Waals surface area contributed by atoms with Gasteiger partial charge in [-0.3, -0.25) is 0 Å². The Morgan fingerprint density at radius 3 is 0.899 bits per heavy atom. The van der Waals surface area contributed by atoms with Crippen molar-refractivity contribution in [2.24, 2.45) is 0 Å². The molecule has 0 bridgehead atoms. The van der Waals surface area contributed by atoms with E-state index in [1.807, 2.05) is 21.0 Å². The van der Waals surface area contributed by atoms with Gasteiger partial charge < -0.3 is 0 Å². The fourth-order valence-electron chi connectivity index (χ4n) is 22.3. The molecule has 1 aliphatic heterocycles. The van der Waals surface area contributed by atoms with Gasteiger partial charge in [0, 0.05) is 0 Å². The summed E-state index contributed by atoms with van der Waals surface area (Å²) in [6.45, 7) is 80.1. The van der Waals surface area contributed by atoms with Gasteiger partial charge in [0.15, 0.2) is 0 Å². The summed E-state index contributed by atoms with van der Waals surface area (Å²) in [5.74, 6) is 0. The van der Waals surface area contributed by atoms with Crippen molar-refractivity contribution >= 4 is 122 Å². The molecule has 79 heavy (non-hydrogen) atoms. The van der Waals surface area contributed by atoms with Crippen molar-refractivity contribution in [3.8, 4) is 11.1 Å². The molecule has 0 nitrogen and oxygen atoms in total. The van der Waals surface area contributed by atoms with Crippen molar-refractivity contribution in [3.05, 3.63) is 72.8 Å². The van der Waals surface area contributed by atoms with Gasteiger partial charge in [0.05, 0.1) is 40.4 Å². The van der Waals surface area contributed by atoms with Gasteiger partial charge in [-0.15, -0.1) is 0 Å². The third-order valence-electron chi connectivity index (χ3n) is 23.9. The zero-order valence-electron chi connectivity index (χ0n) is 56.7. The standard InChI is InChI=1S/C73H117BSi5/c1-43(2)75(44(3)4,45(5)6)61-39-64-71-63-37-36-59-33-31-32-58-34-35-60(70(63)69(58)59)38-65(71)74(72(64)66(40-61)77(49(13)14,50(15)16)51(17)18)73-67(78(52(19)20,53(21)22)54(23)24)41-62(76(46(7)8,47(9)10)48(11)12)42-68(73)79(55(25)26,56(27)28)57(29)30/h31-57H,1-30H3. The molecule has 0 spiro atoms. The molecular formula is C73H117BSi5. The fraction of sp³-hybridized carbons (Fsp3) is 0.616. The first-order valence-corrected chi connectivity index (χ1v) is 43.9. The van der Waals surface area contributed by atoms with Crippen LogP contribution in [0.4, 0.5) is 0 Å². The average Bonchev–Trinajstić information content (AvgIpc) is 3.87. The van der Waals surface area contributed by atoms with Gasteiger partial charge in [0.1, 0.15) is 0 Å². The average molecular weight is 1150 g/mol. The maximum atomic E-state index is 3.10. The highest BCUT2D eigenvalue weighted by molar-refractivity contribution is 7.14. The molecule has 6 heteroatoms. The van der Waals surface area contributed by atoms with Crippen molar-refractivity contribution in [1.82, 2.24) is 0 Å². The molecular weight excluding hydrogens is 1030 g/mol. The highest BCUT2D eigenvalue weighted by Crippen LogP contribution is 2.50. The predicted octanol–water partition coefficient (Wildman–Crippen LogP) is 19.5. The van der Waals surface area contributed by atoms with Crippen LogP contribution in [0.5, 0.6) is 0 Å². The van der Waals surface area contributed by atoms with Crippen LogP contribution in [-0.2, 0) is 0 Å². The van der Waals surface area contributed by atoms with Gasteiger partial charge >= 0.3 is 0 Å². The van der Waals surface area contributed by atoms with E-state index < -0.39 is 40.4 Å². The summed E-state index contributed by atoms with van der Waals surface area (Å²) in [4.78, 5) is 0. The number of hydrogen-bond donors (Lipinski definition) is 0. The van der Waals surface area contributed by atoms with Gasteiger partial charge in [-0.1, -0.05) is 323 Å². The normalized spacial score (nSPS) is 14.6. The topological polar surface area (TPSA) is 0 Å². The fourth-order valence-corrected chi connectivity index (χ4v) is 57.5. The molecule has 0 atom stereocenters. The molecule has 432 valence electrons. The third-order valence-corrected chi connectivity index (χ3v) is 59.2. The second-order valence-electron chi connectivity index (χ2n) is 31.1. The Balaban J connectivity index is 2.01. The van der Waals surface area contributed by atoms with Crippen LogP contribution in [-0.4, -0.2) is 47.1 Å². The number of benzene rings is 6. The number of fused-ring (bicyclic) bond motifs is 4. The van der Waals surface area contributed by atoms with Crippen molar-refractivity contribution < 1.29 is 0 Å². The molecule has 0 aromatic heterocycles. The molecule has 0 saturated heterocycles. The summed E-state index contributed by atoms with van der Waals surface area (Å²) in [6, 6.07) is 32.2. The Kier molecular flexibility index (Phi) is 18.5. The number of hydrogen-bond acceptors (Lipinski definition) is 0. The monoisotopic (exact) mass is 1140 g/mol. The van der Waals surface area contributed by atoms with Crippen LogP contribution in [0.1, 0.15) is 208 Å². The molecule has 1 heterocycles. The van der Waals surface area contributed by atoms with Crippen LogP contribution < -0.4 is 42.3 Å². The Morgan fingerprint density at radius 1 is 0.278 bits per heavy atom. The second kappa shape index (κ2) is 22.8. The molecule has 0 unspecified atom stereocenters. The van der Waals surface area contributed by atoms with Gasteiger partial charge in [-0.05, 0) is 127 Å². The lowest BCUT2D eigenvalue weighted by atomic mass is 9.38. The number of rotatable bonds is 21. The highest BCUT2D eigenvalue weighted by Gasteiger charge is 2.58. The molecule has 0 amide bonds. The minimum Gasteiger partial charge on any atom is -0.0699 e. The van der Waals surface area contributed by atoms with Crippen LogP contribution in [0, 0.1) is 0 Å². The summed E-state index contributed by atoms with van der Waals surface area (Å²) < 4.78 is 0. The van der Waals surface area contributed by atoms with Gasteiger partial charge in [-0.2, -0.15) is 0 Å². The SMILES string of the molecule is CC(C)[Si](c1cc2c(c([Si](C(C)C)(C(C)C)C(C)C)c1)B(c1c([Si](C(C)C)(C(C)C)C(C)C)cc([Si](C(C)C)(C(C)C)C(C)C)cc1[Si](C(C)C)(C(C)C)C(C)C)c1cc3ccc4cccc5ccc(c1-2)c3c45)(C(C)C)C(C)C. The molecule has 6 aromatic carbocycles. The van der Waals surface area contributed by atoms with E-state index >= 15 is 0 Å². The summed E-state index contributed by atoms with van der Waals surface area (Å²) in [5.41, 5.74) is 17.1. The van der Waals surface area contributed by atoms with Crippen molar-refractivity contribution in [1.29, 1.82) is 0 Å². The second-order valence-corrected chi connectivity index (χ2v) is 60.5. The molecule has 0 fully saturated rings. The molecule has 7 rings (SSSR count). The van der Waals surface area contributed by atoms with E-state index in [0.717, 1.165) is 0 Å². The van der Waals surface area contributed by atoms with Crippen LogP contribution in [0.15, 0.2) is 72.8 Å². The Bertz CT molecular complexity index is 2940. The van der Waals surface area contributed by atoms with E-state index in [1.165, 1.54) is 32.3 Å². The van der Waals surface area contributed by atoms with Crippen LogP contribution in [0.3, 0.4) is 0 Å². The predicted molar refractivity (Wildman–Crippen MR) is 380 cm³/mol. The molecule has 0 saturated carbocycles. The van der Waals surface area contributed by atoms with E-state index in [1.54, 1.807) is 32.4 Å². The van der Waals surface area contributed by atoms with Crippen LogP contribution in [0.2, 0.25) is 83.1 Å². The third kappa shape index (κ3) is 8.95. The maximum Gasteiger partial charge on any atom is 0.242 e. The van der Waals surface area contributed by atoms with Crippen molar-refractivity contribution in [3.63, 3.8) is 0 Å². The Morgan fingerprint density at radius 2 is 0.570 bits per heavy atom. The van der Waals surface area contributed by atoms with Crippen LogP contribution in [0.25, 0.3) is 43.4 Å². The Labute approximate surface area is 493 Å². The molecule has 0 aliphatic carbocycles. The summed E-state index contributed by atoms with van der Waals surface area (Å²) in [7, 11) is -11.7. The maximum absolute atomic E-state index is 3.10. The smallest absolute Gasteiger partial charge is 0.0699 e. The van der Waals surface area contributed by atoms with Gasteiger partial charge in [0.2, 0.25) is 6.71 Å². The summed E-state index contributed by atoms with van der Waals surface area (Å²) >= 11 is 0. The van der Waals surface area contributed by atoms with Crippen molar-refractivity contribution in [2.45, 2.75) is 291 Å². The first kappa shape index (κ1) is 64.1. The lowest BCUT2D eigenvalue weighted by Gasteiger charge is -2.52. The zero-order valence-corrected chi connectivity index (χ0v) is 61.7. The lowest BCUT2D eigenvalue weighted by molar-refractivity contribution is 0.830. The van der Waals surface area contributed by atoms with E-state index in [0.29, 0.717) is 83.1 Å². The van der Waals surface area contributed by atoms with Gasteiger partial charge in [0.25, 0.3) is 0 Å². The van der Waals surface area contributed by atoms with E-state index in [-0.39, 0.29) is 6.71 Å². The Hall–Kier alpha value is -2.49. The first-order chi connectivity index (χ1) is 36.6. The zero-order chi connectivity index (χ0) is 59.5. The quantitative estimate of drug-likeness (QED) is 0.0497. The minimum atomic E-state index is -2.46. The highest BCUT2D eigenvalue weighted by atomic mass is 28.3. The molecule has 0 N–H and O–H groups in total. The van der Waals surface area contributed by atoms with Crippen molar-refractivity contribution in [2.75, 3.05) is 0 Å².